The van der Waals surface area contributed by atoms with Crippen LogP contribution in [0.4, 0.5) is 0 Å². The fraction of sp³-hybridized carbons (Fsp3) is 0.500. The molecule has 0 amide bonds. The predicted molar refractivity (Wildman–Crippen MR) is 66.6 cm³/mol. The molecule has 0 aromatic carbocycles. The topological polar surface area (TPSA) is 42.1 Å². The summed E-state index contributed by atoms with van der Waals surface area (Å²) >= 11 is 0. The standard InChI is InChI=1S/C10H15N3.2ClH/c11-9-4-6-13(7-9)8-10-3-1-2-5-12-10;;/h1-3,5,9H,4,6-8,11H2;2*1H/t9-;;/m1../s1. The van der Waals surface area contributed by atoms with Gasteiger partial charge in [-0.2, -0.15) is 0 Å². The molecule has 2 N–H and O–H groups in total. The van der Waals surface area contributed by atoms with Crippen LogP contribution < -0.4 is 5.73 Å². The Hall–Kier alpha value is -0.350. The van der Waals surface area contributed by atoms with E-state index in [1.165, 1.54) is 0 Å². The van der Waals surface area contributed by atoms with Gasteiger partial charge in [-0.1, -0.05) is 6.07 Å². The van der Waals surface area contributed by atoms with Crippen molar-refractivity contribution in [3.63, 3.8) is 0 Å². The van der Waals surface area contributed by atoms with Gasteiger partial charge in [0.2, 0.25) is 0 Å². The minimum Gasteiger partial charge on any atom is -0.326 e. The highest BCUT2D eigenvalue weighted by molar-refractivity contribution is 5.85. The Balaban J connectivity index is 0.000000980. The van der Waals surface area contributed by atoms with Crippen LogP contribution in [0.5, 0.6) is 0 Å². The van der Waals surface area contributed by atoms with Crippen LogP contribution in [0.1, 0.15) is 12.1 Å². The number of likely N-dealkylation sites (tertiary alicyclic amines) is 1. The Bertz CT molecular complexity index is 269. The summed E-state index contributed by atoms with van der Waals surface area (Å²) in [6, 6.07) is 6.39. The molecule has 3 nitrogen and oxygen atoms in total. The molecule has 5 heteroatoms. The summed E-state index contributed by atoms with van der Waals surface area (Å²) in [6.07, 6.45) is 2.96. The summed E-state index contributed by atoms with van der Waals surface area (Å²) in [5.74, 6) is 0. The van der Waals surface area contributed by atoms with Gasteiger partial charge in [0.15, 0.2) is 0 Å². The van der Waals surface area contributed by atoms with Crippen LogP contribution in [-0.4, -0.2) is 29.0 Å². The molecule has 0 saturated carbocycles. The zero-order valence-electron chi connectivity index (χ0n) is 8.50. The van der Waals surface area contributed by atoms with Gasteiger partial charge in [0.05, 0.1) is 5.69 Å². The first-order chi connectivity index (χ1) is 6.34. The minimum atomic E-state index is 0. The van der Waals surface area contributed by atoms with Crippen molar-refractivity contribution >= 4 is 24.8 Å². The average Bonchev–Trinajstić information content (AvgIpc) is 2.53. The highest BCUT2D eigenvalue weighted by Gasteiger charge is 2.18. The van der Waals surface area contributed by atoms with Crippen LogP contribution in [0.3, 0.4) is 0 Å². The van der Waals surface area contributed by atoms with Gasteiger partial charge >= 0.3 is 0 Å². The zero-order valence-corrected chi connectivity index (χ0v) is 10.1. The molecule has 0 spiro atoms. The third-order valence-corrected chi connectivity index (χ3v) is 2.42. The number of nitrogens with two attached hydrogens (primary N) is 1. The van der Waals surface area contributed by atoms with Crippen molar-refractivity contribution < 1.29 is 0 Å². The van der Waals surface area contributed by atoms with E-state index in [1.807, 2.05) is 18.3 Å². The van der Waals surface area contributed by atoms with Crippen LogP contribution in [0.25, 0.3) is 0 Å². The Morgan fingerprint density at radius 3 is 2.73 bits per heavy atom. The largest absolute Gasteiger partial charge is 0.326 e. The number of hydrogen-bond donors (Lipinski definition) is 1. The van der Waals surface area contributed by atoms with E-state index in [0.29, 0.717) is 6.04 Å². The maximum Gasteiger partial charge on any atom is 0.0543 e. The van der Waals surface area contributed by atoms with Gasteiger partial charge < -0.3 is 5.73 Å². The second-order valence-corrected chi connectivity index (χ2v) is 3.60. The summed E-state index contributed by atoms with van der Waals surface area (Å²) < 4.78 is 0. The number of halogens is 2. The third kappa shape index (κ3) is 4.34. The molecule has 1 fully saturated rings. The van der Waals surface area contributed by atoms with E-state index in [4.69, 9.17) is 5.73 Å². The molecule has 15 heavy (non-hydrogen) atoms. The molecule has 86 valence electrons. The number of nitrogens with zero attached hydrogens (tertiary/aromatic N) is 2. The lowest BCUT2D eigenvalue weighted by Gasteiger charge is -2.13. The summed E-state index contributed by atoms with van der Waals surface area (Å²) in [7, 11) is 0. The van der Waals surface area contributed by atoms with Crippen molar-refractivity contribution in [2.45, 2.75) is 19.0 Å². The molecule has 1 aromatic rings. The highest BCUT2D eigenvalue weighted by atomic mass is 35.5. The molecule has 0 unspecified atom stereocenters. The van der Waals surface area contributed by atoms with E-state index >= 15 is 0 Å². The monoisotopic (exact) mass is 249 g/mol. The van der Waals surface area contributed by atoms with Gasteiger partial charge in [-0.25, -0.2) is 0 Å². The number of pyridine rings is 1. The summed E-state index contributed by atoms with van der Waals surface area (Å²) in [4.78, 5) is 6.64. The van der Waals surface area contributed by atoms with Crippen LogP contribution in [-0.2, 0) is 6.54 Å². The molecule has 0 aliphatic carbocycles. The van der Waals surface area contributed by atoms with E-state index in [9.17, 15) is 0 Å². The van der Waals surface area contributed by atoms with Gasteiger partial charge in [0, 0.05) is 31.9 Å². The van der Waals surface area contributed by atoms with Crippen LogP contribution in [0, 0.1) is 0 Å². The number of rotatable bonds is 2. The lowest BCUT2D eigenvalue weighted by molar-refractivity contribution is 0.323. The van der Waals surface area contributed by atoms with Crippen molar-refractivity contribution in [1.82, 2.24) is 9.88 Å². The Labute approximate surface area is 103 Å². The van der Waals surface area contributed by atoms with E-state index in [1.54, 1.807) is 0 Å². The van der Waals surface area contributed by atoms with Crippen molar-refractivity contribution in [2.75, 3.05) is 13.1 Å². The molecule has 1 aliphatic heterocycles. The molecule has 1 aromatic heterocycles. The highest BCUT2D eigenvalue weighted by Crippen LogP contribution is 2.10. The molecule has 1 aliphatic rings. The molecule has 1 atom stereocenters. The lowest BCUT2D eigenvalue weighted by atomic mass is 10.3. The molecule has 1 saturated heterocycles. The van der Waals surface area contributed by atoms with Crippen LogP contribution in [0.2, 0.25) is 0 Å². The molecule has 2 heterocycles. The van der Waals surface area contributed by atoms with Gasteiger partial charge in [-0.3, -0.25) is 9.88 Å². The fourth-order valence-electron chi connectivity index (χ4n) is 1.73. The maximum atomic E-state index is 5.82. The third-order valence-electron chi connectivity index (χ3n) is 2.42. The Morgan fingerprint density at radius 1 is 1.40 bits per heavy atom. The Morgan fingerprint density at radius 2 is 2.20 bits per heavy atom. The van der Waals surface area contributed by atoms with E-state index in [0.717, 1.165) is 31.7 Å². The summed E-state index contributed by atoms with van der Waals surface area (Å²) in [5.41, 5.74) is 6.95. The SMILES string of the molecule is Cl.Cl.N[C@@H]1CCN(Cc2ccccn2)C1. The lowest BCUT2D eigenvalue weighted by Crippen LogP contribution is -2.26. The van der Waals surface area contributed by atoms with Crippen molar-refractivity contribution in [1.29, 1.82) is 0 Å². The predicted octanol–water partition coefficient (Wildman–Crippen LogP) is 1.46. The molecule has 0 bridgehead atoms. The van der Waals surface area contributed by atoms with Crippen molar-refractivity contribution in [3.05, 3.63) is 30.1 Å². The minimum absolute atomic E-state index is 0. The first-order valence-electron chi connectivity index (χ1n) is 4.72. The molecular formula is C10H17Cl2N3. The second-order valence-electron chi connectivity index (χ2n) is 3.60. The number of hydrogen-bond acceptors (Lipinski definition) is 3. The van der Waals surface area contributed by atoms with Crippen molar-refractivity contribution in [3.8, 4) is 0 Å². The Kier molecular flexibility index (Phi) is 6.85. The van der Waals surface area contributed by atoms with E-state index in [-0.39, 0.29) is 24.8 Å². The quantitative estimate of drug-likeness (QED) is 0.864. The van der Waals surface area contributed by atoms with E-state index in [2.05, 4.69) is 16.0 Å². The van der Waals surface area contributed by atoms with Gasteiger partial charge in [0.1, 0.15) is 0 Å². The van der Waals surface area contributed by atoms with Gasteiger partial charge in [-0.05, 0) is 18.6 Å². The number of aromatic nitrogens is 1. The second kappa shape index (κ2) is 7.01. The van der Waals surface area contributed by atoms with E-state index < -0.39 is 0 Å². The summed E-state index contributed by atoms with van der Waals surface area (Å²) in [6.45, 7) is 3.06. The summed E-state index contributed by atoms with van der Waals surface area (Å²) in [5, 5.41) is 0. The van der Waals surface area contributed by atoms with Gasteiger partial charge in [0.25, 0.3) is 0 Å². The van der Waals surface area contributed by atoms with Gasteiger partial charge in [-0.15, -0.1) is 24.8 Å². The first kappa shape index (κ1) is 14.6. The molecular weight excluding hydrogens is 233 g/mol. The molecule has 0 radical (unpaired) electrons. The average molecular weight is 250 g/mol. The first-order valence-corrected chi connectivity index (χ1v) is 4.72. The fourth-order valence-corrected chi connectivity index (χ4v) is 1.73. The van der Waals surface area contributed by atoms with Crippen molar-refractivity contribution in [2.24, 2.45) is 5.73 Å². The zero-order chi connectivity index (χ0) is 9.10. The molecule has 2 rings (SSSR count). The smallest absolute Gasteiger partial charge is 0.0543 e. The van der Waals surface area contributed by atoms with Crippen LogP contribution >= 0.6 is 24.8 Å². The van der Waals surface area contributed by atoms with Crippen LogP contribution in [0.15, 0.2) is 24.4 Å². The normalized spacial score (nSPS) is 20.5. The maximum absolute atomic E-state index is 5.82.